The molecule has 122 valence electrons. The number of aryl methyl sites for hydroxylation is 1. The predicted octanol–water partition coefficient (Wildman–Crippen LogP) is 2.00. The van der Waals surface area contributed by atoms with Crippen molar-refractivity contribution >= 4 is 17.3 Å². The van der Waals surface area contributed by atoms with Gasteiger partial charge in [-0.1, -0.05) is 19.0 Å². The van der Waals surface area contributed by atoms with Gasteiger partial charge in [0.2, 0.25) is 5.89 Å². The molecular weight excluding hydrogens is 302 g/mol. The molecular formula is C14H17N5O4. The summed E-state index contributed by atoms with van der Waals surface area (Å²) < 4.78 is 5.10. The molecule has 0 saturated heterocycles. The van der Waals surface area contributed by atoms with Gasteiger partial charge in [-0.15, -0.1) is 0 Å². The molecule has 2 aromatic rings. The standard InChI is InChI=1S/C14H17N5O4/c1-7(2)12(14-16-8(3)18-23-14)17-13(20)10-6-9(19(21)22)4-5-11(10)15/h4-7,12H,15H2,1-3H3,(H,17,20). The number of nitrogen functional groups attached to an aromatic ring is 1. The monoisotopic (exact) mass is 319 g/mol. The van der Waals surface area contributed by atoms with Crippen LogP contribution >= 0.6 is 0 Å². The molecule has 1 atom stereocenters. The first kappa shape index (κ1) is 16.4. The van der Waals surface area contributed by atoms with Crippen molar-refractivity contribution in [2.75, 3.05) is 5.73 Å². The zero-order valence-electron chi connectivity index (χ0n) is 12.9. The fourth-order valence-corrected chi connectivity index (χ4v) is 2.03. The number of hydrogen-bond acceptors (Lipinski definition) is 7. The van der Waals surface area contributed by atoms with Crippen LogP contribution in [0.25, 0.3) is 0 Å². The Morgan fingerprint density at radius 3 is 2.65 bits per heavy atom. The van der Waals surface area contributed by atoms with E-state index in [0.29, 0.717) is 5.82 Å². The zero-order chi connectivity index (χ0) is 17.1. The smallest absolute Gasteiger partial charge is 0.270 e. The van der Waals surface area contributed by atoms with Crippen LogP contribution in [0, 0.1) is 23.0 Å². The second-order valence-electron chi connectivity index (χ2n) is 5.40. The topological polar surface area (TPSA) is 137 Å². The fourth-order valence-electron chi connectivity index (χ4n) is 2.03. The molecule has 1 aromatic heterocycles. The molecule has 2 rings (SSSR count). The molecule has 0 radical (unpaired) electrons. The van der Waals surface area contributed by atoms with E-state index in [1.807, 2.05) is 13.8 Å². The number of carbonyl (C=O) groups excluding carboxylic acids is 1. The predicted molar refractivity (Wildman–Crippen MR) is 81.6 cm³/mol. The van der Waals surface area contributed by atoms with E-state index in [1.54, 1.807) is 6.92 Å². The molecule has 1 heterocycles. The van der Waals surface area contributed by atoms with E-state index in [2.05, 4.69) is 15.5 Å². The van der Waals surface area contributed by atoms with E-state index in [9.17, 15) is 14.9 Å². The van der Waals surface area contributed by atoms with Crippen molar-refractivity contribution in [3.05, 3.63) is 45.6 Å². The first-order chi connectivity index (χ1) is 10.8. The number of nitrogens with one attached hydrogen (secondary N) is 1. The van der Waals surface area contributed by atoms with Gasteiger partial charge in [-0.05, 0) is 18.9 Å². The van der Waals surface area contributed by atoms with Gasteiger partial charge >= 0.3 is 0 Å². The van der Waals surface area contributed by atoms with Crippen molar-refractivity contribution in [2.45, 2.75) is 26.8 Å². The number of rotatable bonds is 5. The average Bonchev–Trinajstić information content (AvgIpc) is 2.90. The minimum absolute atomic E-state index is 0.0288. The number of nitro groups is 1. The fraction of sp³-hybridized carbons (Fsp3) is 0.357. The Balaban J connectivity index is 2.29. The number of anilines is 1. The second-order valence-corrected chi connectivity index (χ2v) is 5.40. The summed E-state index contributed by atoms with van der Waals surface area (Å²) in [6.45, 7) is 5.42. The summed E-state index contributed by atoms with van der Waals surface area (Å²) in [5, 5.41) is 17.3. The molecule has 1 aromatic carbocycles. The van der Waals surface area contributed by atoms with Crippen LogP contribution in [0.4, 0.5) is 11.4 Å². The summed E-state index contributed by atoms with van der Waals surface area (Å²) >= 11 is 0. The van der Waals surface area contributed by atoms with Crippen LogP contribution in [0.2, 0.25) is 0 Å². The highest BCUT2D eigenvalue weighted by Gasteiger charge is 2.26. The summed E-state index contributed by atoms with van der Waals surface area (Å²) in [6.07, 6.45) is 0. The van der Waals surface area contributed by atoms with Gasteiger partial charge in [-0.3, -0.25) is 14.9 Å². The maximum absolute atomic E-state index is 12.4. The highest BCUT2D eigenvalue weighted by atomic mass is 16.6. The molecule has 3 N–H and O–H groups in total. The first-order valence-electron chi connectivity index (χ1n) is 6.94. The van der Waals surface area contributed by atoms with Crippen LogP contribution in [0.1, 0.15) is 42.0 Å². The Kier molecular flexibility index (Phi) is 4.58. The first-order valence-corrected chi connectivity index (χ1v) is 6.94. The van der Waals surface area contributed by atoms with Gasteiger partial charge in [0.25, 0.3) is 11.6 Å². The number of amides is 1. The number of carbonyl (C=O) groups is 1. The summed E-state index contributed by atoms with van der Waals surface area (Å²) in [4.78, 5) is 26.8. The van der Waals surface area contributed by atoms with Gasteiger partial charge in [0.1, 0.15) is 6.04 Å². The number of nitrogens with zero attached hydrogens (tertiary/aromatic N) is 3. The van der Waals surface area contributed by atoms with Crippen molar-refractivity contribution in [2.24, 2.45) is 5.92 Å². The van der Waals surface area contributed by atoms with E-state index >= 15 is 0 Å². The molecule has 0 aliphatic rings. The Bertz CT molecular complexity index is 741. The molecule has 0 aliphatic heterocycles. The van der Waals surface area contributed by atoms with Crippen LogP contribution in [-0.4, -0.2) is 21.0 Å². The number of non-ortho nitro benzene ring substituents is 1. The van der Waals surface area contributed by atoms with Gasteiger partial charge < -0.3 is 15.6 Å². The van der Waals surface area contributed by atoms with Crippen molar-refractivity contribution in [1.82, 2.24) is 15.5 Å². The van der Waals surface area contributed by atoms with Crippen molar-refractivity contribution in [1.29, 1.82) is 0 Å². The minimum atomic E-state index is -0.586. The lowest BCUT2D eigenvalue weighted by Crippen LogP contribution is -2.32. The maximum atomic E-state index is 12.4. The largest absolute Gasteiger partial charge is 0.398 e. The van der Waals surface area contributed by atoms with Gasteiger partial charge in [0, 0.05) is 17.8 Å². The highest BCUT2D eigenvalue weighted by Crippen LogP contribution is 2.23. The lowest BCUT2D eigenvalue weighted by Gasteiger charge is -2.19. The van der Waals surface area contributed by atoms with Gasteiger partial charge in [-0.2, -0.15) is 4.98 Å². The van der Waals surface area contributed by atoms with E-state index in [1.165, 1.54) is 12.1 Å². The SMILES string of the molecule is Cc1noc(C(NC(=O)c2cc([N+](=O)[O-])ccc2N)C(C)C)n1. The molecule has 1 amide bonds. The molecule has 23 heavy (non-hydrogen) atoms. The normalized spacial score (nSPS) is 12.2. The van der Waals surface area contributed by atoms with Crippen LogP contribution in [-0.2, 0) is 0 Å². The van der Waals surface area contributed by atoms with E-state index in [4.69, 9.17) is 10.3 Å². The number of benzene rings is 1. The molecule has 0 bridgehead atoms. The molecule has 9 nitrogen and oxygen atoms in total. The van der Waals surface area contributed by atoms with Gasteiger partial charge in [0.05, 0.1) is 10.5 Å². The lowest BCUT2D eigenvalue weighted by atomic mass is 10.0. The highest BCUT2D eigenvalue weighted by molar-refractivity contribution is 6.00. The third-order valence-corrected chi connectivity index (χ3v) is 3.25. The summed E-state index contributed by atoms with van der Waals surface area (Å²) in [6, 6.07) is 3.19. The van der Waals surface area contributed by atoms with Crippen molar-refractivity contribution in [3.8, 4) is 0 Å². The molecule has 1 unspecified atom stereocenters. The van der Waals surface area contributed by atoms with E-state index in [-0.39, 0.29) is 28.7 Å². The summed E-state index contributed by atoms with van der Waals surface area (Å²) in [5.74, 6) is 0.157. The Morgan fingerprint density at radius 2 is 2.13 bits per heavy atom. The van der Waals surface area contributed by atoms with E-state index in [0.717, 1.165) is 6.07 Å². The lowest BCUT2D eigenvalue weighted by molar-refractivity contribution is -0.384. The summed E-state index contributed by atoms with van der Waals surface area (Å²) in [5.41, 5.74) is 5.72. The number of aromatic nitrogens is 2. The maximum Gasteiger partial charge on any atom is 0.270 e. The molecule has 0 fully saturated rings. The number of nitro benzene ring substituents is 1. The third-order valence-electron chi connectivity index (χ3n) is 3.25. The van der Waals surface area contributed by atoms with Crippen molar-refractivity contribution < 1.29 is 14.2 Å². The second kappa shape index (κ2) is 6.42. The molecule has 0 aliphatic carbocycles. The number of hydrogen-bond donors (Lipinski definition) is 2. The van der Waals surface area contributed by atoms with Crippen LogP contribution in [0.3, 0.4) is 0 Å². The molecule has 0 saturated carbocycles. The van der Waals surface area contributed by atoms with Gasteiger partial charge in [0.15, 0.2) is 5.82 Å². The third kappa shape index (κ3) is 3.62. The van der Waals surface area contributed by atoms with Crippen LogP contribution in [0.5, 0.6) is 0 Å². The Morgan fingerprint density at radius 1 is 1.43 bits per heavy atom. The number of nitrogens with two attached hydrogens (primary N) is 1. The minimum Gasteiger partial charge on any atom is -0.398 e. The average molecular weight is 319 g/mol. The van der Waals surface area contributed by atoms with Crippen LogP contribution < -0.4 is 11.1 Å². The van der Waals surface area contributed by atoms with Gasteiger partial charge in [-0.25, -0.2) is 0 Å². The van der Waals surface area contributed by atoms with E-state index < -0.39 is 16.9 Å². The molecule has 0 spiro atoms. The Labute approximate surface area is 132 Å². The molecule has 9 heteroatoms. The quantitative estimate of drug-likeness (QED) is 0.488. The van der Waals surface area contributed by atoms with Crippen molar-refractivity contribution in [3.63, 3.8) is 0 Å². The van der Waals surface area contributed by atoms with Crippen LogP contribution in [0.15, 0.2) is 22.7 Å². The zero-order valence-corrected chi connectivity index (χ0v) is 12.9. The Hall–Kier alpha value is -2.97. The summed E-state index contributed by atoms with van der Waals surface area (Å²) in [7, 11) is 0.